The highest BCUT2D eigenvalue weighted by Gasteiger charge is 2.34. The molecule has 0 N–H and O–H groups in total. The van der Waals surface area contributed by atoms with Gasteiger partial charge in [0.05, 0.1) is 30.5 Å². The molecule has 1 atom stereocenters. The first kappa shape index (κ1) is 28.2. The van der Waals surface area contributed by atoms with Crippen LogP contribution in [0.3, 0.4) is 0 Å². The number of likely N-dealkylation sites (N-methyl/N-ethyl adjacent to an activating group) is 1. The van der Waals surface area contributed by atoms with Gasteiger partial charge in [-0.1, -0.05) is 35.3 Å². The van der Waals surface area contributed by atoms with E-state index in [2.05, 4.69) is 0 Å². The van der Waals surface area contributed by atoms with Crippen LogP contribution in [0.25, 0.3) is 16.9 Å². The quantitative estimate of drug-likeness (QED) is 0.242. The number of rotatable bonds is 7. The van der Waals surface area contributed by atoms with Gasteiger partial charge in [0.15, 0.2) is 11.6 Å². The van der Waals surface area contributed by atoms with Gasteiger partial charge in [0.1, 0.15) is 22.2 Å². The van der Waals surface area contributed by atoms with Crippen LogP contribution >= 0.6 is 23.2 Å². The molecule has 1 unspecified atom stereocenters. The minimum Gasteiger partial charge on any atom is -0.492 e. The maximum atomic E-state index is 14.7. The Morgan fingerprint density at radius 2 is 1.98 bits per heavy atom. The van der Waals surface area contributed by atoms with E-state index in [0.717, 1.165) is 12.0 Å². The number of amides is 1. The average Bonchev–Trinajstić information content (AvgIpc) is 3.20. The maximum Gasteiger partial charge on any atom is 0.275 e. The van der Waals surface area contributed by atoms with Gasteiger partial charge >= 0.3 is 0 Å². The minimum absolute atomic E-state index is 0.251. The van der Waals surface area contributed by atoms with Gasteiger partial charge in [-0.3, -0.25) is 9.20 Å². The van der Waals surface area contributed by atoms with Gasteiger partial charge in [-0.15, -0.1) is 0 Å². The van der Waals surface area contributed by atoms with Crippen molar-refractivity contribution in [2.45, 2.75) is 25.8 Å². The molecule has 0 spiro atoms. The van der Waals surface area contributed by atoms with Gasteiger partial charge in [0.25, 0.3) is 5.91 Å². The molecule has 1 aliphatic rings. The molecule has 4 aromatic rings. The van der Waals surface area contributed by atoms with Crippen LogP contribution in [0.2, 0.25) is 10.0 Å². The highest BCUT2D eigenvalue weighted by molar-refractivity contribution is 6.43. The van der Waals surface area contributed by atoms with Gasteiger partial charge in [0, 0.05) is 24.2 Å². The molecule has 0 saturated heterocycles. The third-order valence-corrected chi connectivity index (χ3v) is 7.97. The number of aryl methyl sites for hydroxylation is 1. The molecule has 0 saturated carbocycles. The number of imidazole rings is 1. The first-order valence-corrected chi connectivity index (χ1v) is 13.8. The third kappa shape index (κ3) is 5.23. The number of carbonyl (C=O) groups excluding carboxylic acids is 1. The fourth-order valence-electron chi connectivity index (χ4n) is 5.16. The van der Waals surface area contributed by atoms with E-state index in [9.17, 15) is 9.18 Å². The second-order valence-corrected chi connectivity index (χ2v) is 10.9. The van der Waals surface area contributed by atoms with Crippen molar-refractivity contribution in [3.8, 4) is 22.9 Å². The molecule has 0 radical (unpaired) electrons. The summed E-state index contributed by atoms with van der Waals surface area (Å²) >= 11 is 12.9. The monoisotopic (exact) mass is 584 g/mol. The van der Waals surface area contributed by atoms with Crippen molar-refractivity contribution in [1.82, 2.24) is 19.2 Å². The molecular weight excluding hydrogens is 554 g/mol. The molecule has 0 aliphatic carbocycles. The fraction of sp³-hybridized carbons (Fsp3) is 0.333. The number of methoxy groups -OCH3 is 1. The number of benzene rings is 2. The molecular formula is C30H31Cl2FN4O3. The predicted octanol–water partition coefficient (Wildman–Crippen LogP) is 6.68. The van der Waals surface area contributed by atoms with Crippen molar-refractivity contribution in [1.29, 1.82) is 0 Å². The van der Waals surface area contributed by atoms with E-state index < -0.39 is 0 Å². The zero-order chi connectivity index (χ0) is 28.6. The van der Waals surface area contributed by atoms with Crippen molar-refractivity contribution in [2.24, 2.45) is 0 Å². The van der Waals surface area contributed by atoms with Crippen LogP contribution in [0.4, 0.5) is 4.39 Å². The first-order valence-electron chi connectivity index (χ1n) is 13.1. The van der Waals surface area contributed by atoms with Crippen LogP contribution in [0, 0.1) is 12.7 Å². The van der Waals surface area contributed by atoms with Crippen LogP contribution in [-0.2, 0) is 0 Å². The van der Waals surface area contributed by atoms with Crippen LogP contribution in [0.5, 0.6) is 11.6 Å². The van der Waals surface area contributed by atoms with E-state index in [1.807, 2.05) is 42.1 Å². The van der Waals surface area contributed by atoms with Crippen molar-refractivity contribution in [2.75, 3.05) is 40.9 Å². The highest BCUT2D eigenvalue weighted by Crippen LogP contribution is 2.44. The normalized spacial score (nSPS) is 15.1. The summed E-state index contributed by atoms with van der Waals surface area (Å²) in [6.45, 7) is 3.22. The standard InChI is InChI=1S/C30H31Cl2FN4O3/c1-18-17-19(10-13-22(18)33)28-27(34-24-8-5-9-25(39-4)37(24)28)30(38)36(15-14-35(2)3)23-7-6-16-40-29-20(23)11-12-21(31)26(29)32/h5,8-13,17,23H,6-7,14-16H2,1-4H3. The van der Waals surface area contributed by atoms with Crippen molar-refractivity contribution < 1.29 is 18.7 Å². The molecule has 10 heteroatoms. The first-order chi connectivity index (χ1) is 19.2. The van der Waals surface area contributed by atoms with E-state index in [1.165, 1.54) is 6.07 Å². The Morgan fingerprint density at radius 3 is 2.70 bits per heavy atom. The molecule has 1 amide bonds. The predicted molar refractivity (Wildman–Crippen MR) is 155 cm³/mol. The van der Waals surface area contributed by atoms with E-state index in [-0.39, 0.29) is 23.5 Å². The summed E-state index contributed by atoms with van der Waals surface area (Å²) in [5.74, 6) is 0.435. The number of aromatic nitrogens is 2. The zero-order valence-electron chi connectivity index (χ0n) is 22.9. The number of nitrogens with zero attached hydrogens (tertiary/aromatic N) is 4. The molecule has 2 aromatic heterocycles. The minimum atomic E-state index is -0.325. The third-order valence-electron chi connectivity index (χ3n) is 7.18. The molecule has 5 rings (SSSR count). The molecule has 0 fully saturated rings. The largest absolute Gasteiger partial charge is 0.492 e. The number of pyridine rings is 1. The number of hydrogen-bond donors (Lipinski definition) is 0. The molecule has 1 aliphatic heterocycles. The summed E-state index contributed by atoms with van der Waals surface area (Å²) in [7, 11) is 5.49. The lowest BCUT2D eigenvalue weighted by molar-refractivity contribution is 0.0647. The summed E-state index contributed by atoms with van der Waals surface area (Å²) in [4.78, 5) is 23.3. The lowest BCUT2D eigenvalue weighted by atomic mass is 9.99. The van der Waals surface area contributed by atoms with Crippen LogP contribution < -0.4 is 9.47 Å². The SMILES string of the molecule is COc1cccc2nc(C(=O)N(CCN(C)C)C3CCCOc4c3ccc(Cl)c4Cl)c(-c3ccc(F)c(C)c3)n12. The molecule has 40 heavy (non-hydrogen) atoms. The van der Waals surface area contributed by atoms with E-state index in [1.54, 1.807) is 42.7 Å². The van der Waals surface area contributed by atoms with Gasteiger partial charge < -0.3 is 19.3 Å². The lowest BCUT2D eigenvalue weighted by Crippen LogP contribution is -2.40. The van der Waals surface area contributed by atoms with Crippen molar-refractivity contribution in [3.63, 3.8) is 0 Å². The lowest BCUT2D eigenvalue weighted by Gasteiger charge is -2.33. The smallest absolute Gasteiger partial charge is 0.275 e. The Labute approximate surface area is 243 Å². The van der Waals surface area contributed by atoms with Crippen molar-refractivity contribution in [3.05, 3.63) is 81.2 Å². The Kier molecular flexibility index (Phi) is 8.21. The van der Waals surface area contributed by atoms with E-state index in [0.29, 0.717) is 70.3 Å². The summed E-state index contributed by atoms with van der Waals surface area (Å²) in [5, 5.41) is 0.736. The fourth-order valence-corrected chi connectivity index (χ4v) is 5.53. The van der Waals surface area contributed by atoms with Gasteiger partial charge in [-0.2, -0.15) is 0 Å². The number of halogens is 3. The Bertz CT molecular complexity index is 1570. The molecule has 0 bridgehead atoms. The van der Waals surface area contributed by atoms with Crippen LogP contribution in [0.1, 0.15) is 40.5 Å². The van der Waals surface area contributed by atoms with E-state index >= 15 is 0 Å². The Balaban J connectivity index is 1.71. The molecule has 2 aromatic carbocycles. The van der Waals surface area contributed by atoms with E-state index in [4.69, 9.17) is 37.7 Å². The Hall–Kier alpha value is -3.33. The zero-order valence-corrected chi connectivity index (χ0v) is 24.4. The van der Waals surface area contributed by atoms with Gasteiger partial charge in [-0.25, -0.2) is 9.37 Å². The van der Waals surface area contributed by atoms with Gasteiger partial charge in [0.2, 0.25) is 0 Å². The summed E-state index contributed by atoms with van der Waals surface area (Å²) in [6.07, 6.45) is 1.40. The average molecular weight is 586 g/mol. The van der Waals surface area contributed by atoms with Crippen LogP contribution in [0.15, 0.2) is 48.5 Å². The second-order valence-electron chi connectivity index (χ2n) is 10.1. The number of ether oxygens (including phenoxy) is 2. The summed E-state index contributed by atoms with van der Waals surface area (Å²) in [6, 6.07) is 13.5. The Morgan fingerprint density at radius 1 is 1.18 bits per heavy atom. The molecule has 210 valence electrons. The second kappa shape index (κ2) is 11.6. The summed E-state index contributed by atoms with van der Waals surface area (Å²) < 4.78 is 27.7. The molecule has 3 heterocycles. The number of hydrogen-bond acceptors (Lipinski definition) is 5. The van der Waals surface area contributed by atoms with Crippen LogP contribution in [-0.4, -0.2) is 66.0 Å². The highest BCUT2D eigenvalue weighted by atomic mass is 35.5. The summed E-state index contributed by atoms with van der Waals surface area (Å²) in [5.41, 5.74) is 3.26. The topological polar surface area (TPSA) is 59.3 Å². The number of carbonyl (C=O) groups is 1. The molecule has 7 nitrogen and oxygen atoms in total. The maximum absolute atomic E-state index is 14.7. The number of fused-ring (bicyclic) bond motifs is 2. The van der Waals surface area contributed by atoms with Crippen molar-refractivity contribution >= 4 is 34.8 Å². The van der Waals surface area contributed by atoms with Gasteiger partial charge in [-0.05, 0) is 75.8 Å².